The van der Waals surface area contributed by atoms with Gasteiger partial charge in [0.1, 0.15) is 0 Å². The van der Waals surface area contributed by atoms with Gasteiger partial charge in [0, 0.05) is 31.4 Å². The number of sulfonamides is 1. The zero-order valence-corrected chi connectivity index (χ0v) is 15.4. The van der Waals surface area contributed by atoms with Crippen LogP contribution in [0.3, 0.4) is 0 Å². The molecule has 2 heterocycles. The number of nitrogens with one attached hydrogen (secondary N) is 2. The van der Waals surface area contributed by atoms with Crippen LogP contribution in [-0.2, 0) is 14.8 Å². The fourth-order valence-electron chi connectivity index (χ4n) is 2.89. The van der Waals surface area contributed by atoms with Crippen molar-refractivity contribution in [3.8, 4) is 0 Å². The van der Waals surface area contributed by atoms with Gasteiger partial charge in [0.05, 0.1) is 10.5 Å². The molecule has 9 heteroatoms. The lowest BCUT2D eigenvalue weighted by atomic mass is 9.98. The van der Waals surface area contributed by atoms with Gasteiger partial charge in [0.2, 0.25) is 15.9 Å². The first-order valence-corrected chi connectivity index (χ1v) is 9.98. The molecule has 2 amide bonds. The van der Waals surface area contributed by atoms with Crippen LogP contribution in [-0.4, -0.2) is 42.6 Å². The Labute approximate surface area is 157 Å². The standard InChI is InChI=1S/C18H20N4O4S/c23-17(20-21-18(24)15-5-4-10-19-13-15)14-8-11-22(12-9-14)27(25,26)16-6-2-1-3-7-16/h1-7,10,13-14H,8-9,11-12H2,(H,20,23)(H,21,24). The fourth-order valence-corrected chi connectivity index (χ4v) is 4.38. The Morgan fingerprint density at radius 2 is 1.70 bits per heavy atom. The van der Waals surface area contributed by atoms with Crippen molar-refractivity contribution in [2.24, 2.45) is 5.92 Å². The number of aromatic nitrogens is 1. The summed E-state index contributed by atoms with van der Waals surface area (Å²) in [5.74, 6) is -1.15. The Morgan fingerprint density at radius 3 is 2.33 bits per heavy atom. The van der Waals surface area contributed by atoms with Crippen molar-refractivity contribution in [3.63, 3.8) is 0 Å². The predicted molar refractivity (Wildman–Crippen MR) is 97.8 cm³/mol. The first-order valence-electron chi connectivity index (χ1n) is 8.54. The molecule has 1 aromatic heterocycles. The van der Waals surface area contributed by atoms with Crippen molar-refractivity contribution < 1.29 is 18.0 Å². The maximum Gasteiger partial charge on any atom is 0.271 e. The molecule has 1 saturated heterocycles. The average molecular weight is 388 g/mol. The summed E-state index contributed by atoms with van der Waals surface area (Å²) in [6, 6.07) is 11.4. The third-order valence-electron chi connectivity index (χ3n) is 4.43. The van der Waals surface area contributed by atoms with Crippen molar-refractivity contribution in [3.05, 3.63) is 60.4 Å². The van der Waals surface area contributed by atoms with Crippen molar-refractivity contribution in [1.82, 2.24) is 20.1 Å². The van der Waals surface area contributed by atoms with E-state index in [4.69, 9.17) is 0 Å². The monoisotopic (exact) mass is 388 g/mol. The number of hydrazine groups is 1. The minimum Gasteiger partial charge on any atom is -0.273 e. The number of rotatable bonds is 4. The summed E-state index contributed by atoms with van der Waals surface area (Å²) in [7, 11) is -3.55. The van der Waals surface area contributed by atoms with E-state index in [1.54, 1.807) is 48.7 Å². The van der Waals surface area contributed by atoms with Gasteiger partial charge in [-0.05, 0) is 37.1 Å². The summed E-state index contributed by atoms with van der Waals surface area (Å²) in [5, 5.41) is 0. The highest BCUT2D eigenvalue weighted by molar-refractivity contribution is 7.89. The van der Waals surface area contributed by atoms with Crippen LogP contribution in [0.4, 0.5) is 0 Å². The molecule has 0 unspecified atom stereocenters. The first kappa shape index (κ1) is 19.0. The lowest BCUT2D eigenvalue weighted by molar-refractivity contribution is -0.126. The van der Waals surface area contributed by atoms with Gasteiger partial charge < -0.3 is 0 Å². The van der Waals surface area contributed by atoms with Gasteiger partial charge in [0.25, 0.3) is 5.91 Å². The normalized spacial score (nSPS) is 15.9. The quantitative estimate of drug-likeness (QED) is 0.758. The van der Waals surface area contributed by atoms with E-state index in [1.807, 2.05) is 0 Å². The summed E-state index contributed by atoms with van der Waals surface area (Å²) in [6.45, 7) is 0.512. The number of benzene rings is 1. The highest BCUT2D eigenvalue weighted by Crippen LogP contribution is 2.23. The van der Waals surface area contributed by atoms with E-state index >= 15 is 0 Å². The second kappa shape index (κ2) is 8.28. The minimum atomic E-state index is -3.55. The van der Waals surface area contributed by atoms with Crippen LogP contribution in [0, 0.1) is 5.92 Å². The van der Waals surface area contributed by atoms with Crippen LogP contribution >= 0.6 is 0 Å². The van der Waals surface area contributed by atoms with E-state index in [2.05, 4.69) is 15.8 Å². The Balaban J connectivity index is 1.51. The number of piperidine rings is 1. The molecule has 2 N–H and O–H groups in total. The highest BCUT2D eigenvalue weighted by atomic mass is 32.2. The molecule has 8 nitrogen and oxygen atoms in total. The molecular weight excluding hydrogens is 368 g/mol. The largest absolute Gasteiger partial charge is 0.273 e. The topological polar surface area (TPSA) is 108 Å². The zero-order chi connectivity index (χ0) is 19.3. The van der Waals surface area contributed by atoms with E-state index in [0.29, 0.717) is 18.4 Å². The number of carbonyl (C=O) groups is 2. The lowest BCUT2D eigenvalue weighted by Crippen LogP contribution is -2.48. The molecule has 0 spiro atoms. The second-order valence-electron chi connectivity index (χ2n) is 6.18. The van der Waals surface area contributed by atoms with Crippen LogP contribution in [0.15, 0.2) is 59.8 Å². The van der Waals surface area contributed by atoms with Crippen LogP contribution in [0.25, 0.3) is 0 Å². The molecule has 3 rings (SSSR count). The molecule has 0 radical (unpaired) electrons. The molecule has 2 aromatic rings. The van der Waals surface area contributed by atoms with E-state index in [-0.39, 0.29) is 29.8 Å². The molecule has 0 saturated carbocycles. The summed E-state index contributed by atoms with van der Waals surface area (Å²) in [5.41, 5.74) is 5.09. The Morgan fingerprint density at radius 1 is 1.00 bits per heavy atom. The molecule has 1 fully saturated rings. The third kappa shape index (κ3) is 4.50. The van der Waals surface area contributed by atoms with Gasteiger partial charge in [-0.15, -0.1) is 0 Å². The molecule has 0 atom stereocenters. The maximum absolute atomic E-state index is 12.6. The molecule has 0 aliphatic carbocycles. The molecular formula is C18H20N4O4S. The summed E-state index contributed by atoms with van der Waals surface area (Å²) >= 11 is 0. The minimum absolute atomic E-state index is 0.247. The van der Waals surface area contributed by atoms with E-state index < -0.39 is 15.9 Å². The highest BCUT2D eigenvalue weighted by Gasteiger charge is 2.32. The summed E-state index contributed by atoms with van der Waals surface area (Å²) in [6.07, 6.45) is 3.72. The molecule has 1 aromatic carbocycles. The Hall–Kier alpha value is -2.78. The van der Waals surface area contributed by atoms with Gasteiger partial charge in [-0.2, -0.15) is 4.31 Å². The molecule has 142 valence electrons. The van der Waals surface area contributed by atoms with Gasteiger partial charge in [-0.25, -0.2) is 8.42 Å². The zero-order valence-electron chi connectivity index (χ0n) is 14.5. The van der Waals surface area contributed by atoms with Crippen molar-refractivity contribution >= 4 is 21.8 Å². The molecule has 1 aliphatic rings. The van der Waals surface area contributed by atoms with Gasteiger partial charge >= 0.3 is 0 Å². The maximum atomic E-state index is 12.6. The van der Waals surface area contributed by atoms with Crippen molar-refractivity contribution in [1.29, 1.82) is 0 Å². The second-order valence-corrected chi connectivity index (χ2v) is 8.11. The number of amides is 2. The Kier molecular flexibility index (Phi) is 5.82. The molecule has 0 bridgehead atoms. The van der Waals surface area contributed by atoms with Crippen LogP contribution in [0.1, 0.15) is 23.2 Å². The summed E-state index contributed by atoms with van der Waals surface area (Å²) < 4.78 is 26.6. The number of hydrogen-bond donors (Lipinski definition) is 2. The first-order chi connectivity index (χ1) is 13.0. The van der Waals surface area contributed by atoms with Crippen LogP contribution < -0.4 is 10.9 Å². The molecule has 27 heavy (non-hydrogen) atoms. The average Bonchev–Trinajstić information content (AvgIpc) is 2.73. The Bertz CT molecular complexity index is 895. The van der Waals surface area contributed by atoms with E-state index in [0.717, 1.165) is 0 Å². The lowest BCUT2D eigenvalue weighted by Gasteiger charge is -2.30. The van der Waals surface area contributed by atoms with E-state index in [9.17, 15) is 18.0 Å². The number of pyridine rings is 1. The number of hydrogen-bond acceptors (Lipinski definition) is 5. The van der Waals surface area contributed by atoms with Crippen LogP contribution in [0.2, 0.25) is 0 Å². The number of nitrogens with zero attached hydrogens (tertiary/aromatic N) is 2. The smallest absolute Gasteiger partial charge is 0.271 e. The van der Waals surface area contributed by atoms with Gasteiger partial charge in [-0.1, -0.05) is 18.2 Å². The van der Waals surface area contributed by atoms with Gasteiger partial charge in [0.15, 0.2) is 0 Å². The van der Waals surface area contributed by atoms with Crippen LogP contribution in [0.5, 0.6) is 0 Å². The van der Waals surface area contributed by atoms with Gasteiger partial charge in [-0.3, -0.25) is 25.4 Å². The number of carbonyl (C=O) groups excluding carboxylic acids is 2. The molecule has 1 aliphatic heterocycles. The predicted octanol–water partition coefficient (Wildman–Crippen LogP) is 0.943. The van der Waals surface area contributed by atoms with Crippen molar-refractivity contribution in [2.45, 2.75) is 17.7 Å². The van der Waals surface area contributed by atoms with Crippen molar-refractivity contribution in [2.75, 3.05) is 13.1 Å². The fraction of sp³-hybridized carbons (Fsp3) is 0.278. The SMILES string of the molecule is O=C(NNC(=O)C1CCN(S(=O)(=O)c2ccccc2)CC1)c1cccnc1. The van der Waals surface area contributed by atoms with E-state index in [1.165, 1.54) is 10.5 Å². The third-order valence-corrected chi connectivity index (χ3v) is 6.34. The summed E-state index contributed by atoms with van der Waals surface area (Å²) in [4.78, 5) is 28.3.